The van der Waals surface area contributed by atoms with Gasteiger partial charge in [-0.05, 0) is 43.2 Å². The van der Waals surface area contributed by atoms with Crippen molar-refractivity contribution < 1.29 is 22.7 Å². The summed E-state index contributed by atoms with van der Waals surface area (Å²) in [5, 5.41) is 0. The summed E-state index contributed by atoms with van der Waals surface area (Å²) in [6.45, 7) is 4.17. The Morgan fingerprint density at radius 2 is 1.90 bits per heavy atom. The lowest BCUT2D eigenvalue weighted by molar-refractivity contribution is -0.134. The zero-order chi connectivity index (χ0) is 20.6. The quantitative estimate of drug-likeness (QED) is 0.793. The second kappa shape index (κ2) is 8.08. The number of benzene rings is 1. The molecule has 1 aliphatic carbocycles. The highest BCUT2D eigenvalue weighted by molar-refractivity contribution is 7.88. The van der Waals surface area contributed by atoms with Crippen LogP contribution >= 0.6 is 0 Å². The molecule has 3 aliphatic heterocycles. The molecule has 2 atom stereocenters. The minimum absolute atomic E-state index is 0.116. The first-order valence-electron chi connectivity index (χ1n) is 10.1. The van der Waals surface area contributed by atoms with Crippen LogP contribution in [0.3, 0.4) is 0 Å². The molecule has 2 bridgehead atoms. The molecule has 1 amide bonds. The molecular formula is C21H28N2O5S. The number of rotatable bonds is 2. The molecule has 2 fully saturated rings. The summed E-state index contributed by atoms with van der Waals surface area (Å²) in [7, 11) is -3.42. The molecule has 158 valence electrons. The van der Waals surface area contributed by atoms with E-state index in [1.54, 1.807) is 4.90 Å². The van der Waals surface area contributed by atoms with Crippen molar-refractivity contribution in [2.24, 2.45) is 0 Å². The van der Waals surface area contributed by atoms with E-state index in [2.05, 4.69) is 17.4 Å². The molecular weight excluding hydrogens is 392 g/mol. The van der Waals surface area contributed by atoms with Crippen molar-refractivity contribution in [1.82, 2.24) is 9.62 Å². The summed E-state index contributed by atoms with van der Waals surface area (Å²) in [6, 6.07) is 7.03. The topological polar surface area (TPSA) is 84.9 Å². The Bertz CT molecular complexity index is 892. The molecule has 1 aromatic carbocycles. The van der Waals surface area contributed by atoms with Gasteiger partial charge in [-0.2, -0.15) is 0 Å². The molecule has 1 aromatic rings. The number of nitrogens with one attached hydrogen (secondary N) is 1. The Morgan fingerprint density at radius 1 is 1.17 bits per heavy atom. The molecule has 1 unspecified atom stereocenters. The Kier molecular flexibility index (Phi) is 5.68. The highest BCUT2D eigenvalue weighted by Gasteiger charge is 2.42. The molecule has 0 aromatic heterocycles. The van der Waals surface area contributed by atoms with Crippen LogP contribution in [0.2, 0.25) is 0 Å². The van der Waals surface area contributed by atoms with Crippen LogP contribution in [0.15, 0.2) is 36.5 Å². The fourth-order valence-corrected chi connectivity index (χ4v) is 5.57. The maximum absolute atomic E-state index is 13.0. The molecule has 8 heteroatoms. The molecule has 1 N–H and O–H groups in total. The van der Waals surface area contributed by atoms with Crippen molar-refractivity contribution in [2.75, 3.05) is 19.5 Å². The number of hydrogen-bond acceptors (Lipinski definition) is 5. The van der Waals surface area contributed by atoms with Crippen LogP contribution in [0.4, 0.5) is 0 Å². The van der Waals surface area contributed by atoms with Crippen molar-refractivity contribution in [1.29, 1.82) is 0 Å². The van der Waals surface area contributed by atoms with E-state index in [1.807, 2.05) is 18.2 Å². The number of hydrogen-bond donors (Lipinski definition) is 1. The Hall–Kier alpha value is -1.90. The Morgan fingerprint density at radius 3 is 2.62 bits per heavy atom. The van der Waals surface area contributed by atoms with Crippen LogP contribution in [0.25, 0.3) is 0 Å². The molecule has 7 nitrogen and oxygen atoms in total. The molecule has 3 heterocycles. The number of carbonyl (C=O) groups is 1. The minimum atomic E-state index is -3.42. The average molecular weight is 421 g/mol. The number of sulfonamides is 1. The standard InChI is InChI=1S/C21H28N2O5S/c1-14-11-18(22-29(2,25)26)19-12-27-16-9-7-15(8-10-16)17-5-3-4-6-20(17)28-13-21(24)23(14)19/h3-6,15-16,18-19,22H,1,7-13H2,2H3/t15?,16?,18?,19-/m0/s1. The van der Waals surface area contributed by atoms with Gasteiger partial charge in [0.15, 0.2) is 6.61 Å². The van der Waals surface area contributed by atoms with Gasteiger partial charge in [0.1, 0.15) is 5.75 Å². The summed E-state index contributed by atoms with van der Waals surface area (Å²) in [4.78, 5) is 14.6. The van der Waals surface area contributed by atoms with E-state index in [-0.39, 0.29) is 25.2 Å². The van der Waals surface area contributed by atoms with Crippen LogP contribution in [0.5, 0.6) is 5.75 Å². The van der Waals surface area contributed by atoms with Gasteiger partial charge in [0.25, 0.3) is 5.91 Å². The third-order valence-corrected chi connectivity index (χ3v) is 6.84. The first-order valence-corrected chi connectivity index (χ1v) is 12.0. The fraction of sp³-hybridized carbons (Fsp3) is 0.571. The van der Waals surface area contributed by atoms with Crippen LogP contribution in [0, 0.1) is 0 Å². The first-order chi connectivity index (χ1) is 13.8. The third-order valence-electron chi connectivity index (χ3n) is 6.11. The van der Waals surface area contributed by atoms with Crippen molar-refractivity contribution in [3.05, 3.63) is 42.1 Å². The van der Waals surface area contributed by atoms with E-state index in [4.69, 9.17) is 9.47 Å². The molecule has 5 rings (SSSR count). The number of amides is 1. The molecule has 4 aliphatic rings. The number of ether oxygens (including phenoxy) is 2. The van der Waals surface area contributed by atoms with E-state index in [1.165, 1.54) is 0 Å². The van der Waals surface area contributed by atoms with E-state index < -0.39 is 22.1 Å². The zero-order valence-corrected chi connectivity index (χ0v) is 17.5. The van der Waals surface area contributed by atoms with E-state index in [9.17, 15) is 13.2 Å². The van der Waals surface area contributed by atoms with Crippen LogP contribution in [-0.4, -0.2) is 56.9 Å². The second-order valence-electron chi connectivity index (χ2n) is 8.23. The van der Waals surface area contributed by atoms with Gasteiger partial charge in [-0.1, -0.05) is 24.8 Å². The molecule has 1 saturated heterocycles. The van der Waals surface area contributed by atoms with Crippen molar-refractivity contribution in [3.63, 3.8) is 0 Å². The van der Waals surface area contributed by atoms with Crippen LogP contribution in [-0.2, 0) is 19.6 Å². The van der Waals surface area contributed by atoms with E-state index in [0.717, 1.165) is 43.3 Å². The molecule has 1 saturated carbocycles. The Labute approximate surface area is 172 Å². The van der Waals surface area contributed by atoms with Gasteiger partial charge < -0.3 is 14.4 Å². The van der Waals surface area contributed by atoms with Crippen LogP contribution < -0.4 is 9.46 Å². The fourth-order valence-electron chi connectivity index (χ4n) is 4.78. The van der Waals surface area contributed by atoms with Crippen molar-refractivity contribution in [2.45, 2.75) is 56.2 Å². The summed E-state index contributed by atoms with van der Waals surface area (Å²) < 4.78 is 38.4. The van der Waals surface area contributed by atoms with Gasteiger partial charge in [-0.3, -0.25) is 4.79 Å². The number of para-hydroxylation sites is 1. The lowest BCUT2D eigenvalue weighted by atomic mass is 9.82. The largest absolute Gasteiger partial charge is 0.483 e. The maximum Gasteiger partial charge on any atom is 0.265 e. The predicted octanol–water partition coefficient (Wildman–Crippen LogP) is 2.15. The van der Waals surface area contributed by atoms with Gasteiger partial charge >= 0.3 is 0 Å². The number of fused-ring (bicyclic) bond motifs is 5. The van der Waals surface area contributed by atoms with Gasteiger partial charge in [-0.15, -0.1) is 0 Å². The van der Waals surface area contributed by atoms with E-state index >= 15 is 0 Å². The lowest BCUT2D eigenvalue weighted by Crippen LogP contribution is -2.50. The smallest absolute Gasteiger partial charge is 0.265 e. The SMILES string of the molecule is C=C1CC(NS(C)(=O)=O)[C@@H]2COC3CCC(CC3)c3ccccc3OCC(=O)N12. The van der Waals surface area contributed by atoms with Gasteiger partial charge in [-0.25, -0.2) is 13.1 Å². The highest BCUT2D eigenvalue weighted by atomic mass is 32.2. The van der Waals surface area contributed by atoms with Crippen molar-refractivity contribution >= 4 is 15.9 Å². The third kappa shape index (κ3) is 4.49. The minimum Gasteiger partial charge on any atom is -0.483 e. The van der Waals surface area contributed by atoms with Gasteiger partial charge in [0.05, 0.1) is 31.1 Å². The predicted molar refractivity (Wildman–Crippen MR) is 109 cm³/mol. The molecule has 0 spiro atoms. The number of carbonyl (C=O) groups excluding carboxylic acids is 1. The summed E-state index contributed by atoms with van der Waals surface area (Å²) >= 11 is 0. The maximum atomic E-state index is 13.0. The summed E-state index contributed by atoms with van der Waals surface area (Å²) in [5.74, 6) is 0.913. The van der Waals surface area contributed by atoms with Crippen LogP contribution in [0.1, 0.15) is 43.6 Å². The van der Waals surface area contributed by atoms with Gasteiger partial charge in [0.2, 0.25) is 10.0 Å². The average Bonchev–Trinajstić information content (AvgIpc) is 2.98. The summed E-state index contributed by atoms with van der Waals surface area (Å²) in [6.07, 6.45) is 5.49. The second-order valence-corrected chi connectivity index (χ2v) is 10.0. The zero-order valence-electron chi connectivity index (χ0n) is 16.7. The normalized spacial score (nSPS) is 30.6. The molecule has 29 heavy (non-hydrogen) atoms. The number of nitrogens with zero attached hydrogens (tertiary/aromatic N) is 1. The summed E-state index contributed by atoms with van der Waals surface area (Å²) in [5.41, 5.74) is 1.73. The van der Waals surface area contributed by atoms with E-state index in [0.29, 0.717) is 18.0 Å². The Balaban J connectivity index is 1.63. The highest BCUT2D eigenvalue weighted by Crippen LogP contribution is 2.39. The first kappa shape index (κ1) is 20.4. The lowest BCUT2D eigenvalue weighted by Gasteiger charge is -2.32. The van der Waals surface area contributed by atoms with Crippen molar-refractivity contribution in [3.8, 4) is 5.75 Å². The van der Waals surface area contributed by atoms with Gasteiger partial charge in [0, 0.05) is 12.1 Å². The molecule has 0 radical (unpaired) electrons. The monoisotopic (exact) mass is 420 g/mol.